The lowest BCUT2D eigenvalue weighted by molar-refractivity contribution is -0.192. The molecule has 0 aromatic heterocycles. The molecule has 0 saturated carbocycles. The SMILES string of the molecule is Cc1cccc(S(=O)(=O)N(CCC(=O)N2CCNCC2)Cc2ccc(Br)cc2)c1.O=C(O)C(F)(F)F. The lowest BCUT2D eigenvalue weighted by atomic mass is 10.2. The molecule has 0 bridgehead atoms. The number of carboxylic acid groups (broad SMARTS) is 1. The maximum absolute atomic E-state index is 13.3. The normalized spacial score (nSPS) is 14.2. The second kappa shape index (κ2) is 13.2. The van der Waals surface area contributed by atoms with Gasteiger partial charge in [0.05, 0.1) is 4.90 Å². The average molecular weight is 594 g/mol. The molecule has 36 heavy (non-hydrogen) atoms. The van der Waals surface area contributed by atoms with E-state index in [1.165, 1.54) is 4.31 Å². The Morgan fingerprint density at radius 3 is 2.22 bits per heavy atom. The molecule has 13 heteroatoms. The van der Waals surface area contributed by atoms with Crippen molar-refractivity contribution in [1.29, 1.82) is 0 Å². The molecule has 8 nitrogen and oxygen atoms in total. The van der Waals surface area contributed by atoms with Crippen molar-refractivity contribution in [2.45, 2.75) is 31.0 Å². The predicted molar refractivity (Wildman–Crippen MR) is 131 cm³/mol. The van der Waals surface area contributed by atoms with Crippen LogP contribution < -0.4 is 5.32 Å². The summed E-state index contributed by atoms with van der Waals surface area (Å²) in [4.78, 5) is 23.5. The summed E-state index contributed by atoms with van der Waals surface area (Å²) in [6.07, 6.45) is -4.92. The third-order valence-electron chi connectivity index (χ3n) is 5.19. The number of aliphatic carboxylic acids is 1. The molecule has 0 spiro atoms. The first-order valence-electron chi connectivity index (χ1n) is 10.9. The van der Waals surface area contributed by atoms with Crippen molar-refractivity contribution in [2.24, 2.45) is 0 Å². The lowest BCUT2D eigenvalue weighted by Crippen LogP contribution is -2.47. The lowest BCUT2D eigenvalue weighted by Gasteiger charge is -2.29. The fraction of sp³-hybridized carbons (Fsp3) is 0.391. The van der Waals surface area contributed by atoms with Crippen molar-refractivity contribution in [2.75, 3.05) is 32.7 Å². The monoisotopic (exact) mass is 593 g/mol. The van der Waals surface area contributed by atoms with E-state index in [2.05, 4.69) is 21.2 Å². The second-order valence-corrected chi connectivity index (χ2v) is 10.8. The van der Waals surface area contributed by atoms with E-state index in [1.54, 1.807) is 23.1 Å². The summed E-state index contributed by atoms with van der Waals surface area (Å²) in [6, 6.07) is 14.4. The highest BCUT2D eigenvalue weighted by Gasteiger charge is 2.38. The van der Waals surface area contributed by atoms with Crippen LogP contribution in [0.2, 0.25) is 0 Å². The zero-order valence-electron chi connectivity index (χ0n) is 19.5. The number of hydrogen-bond donors (Lipinski definition) is 2. The maximum Gasteiger partial charge on any atom is 0.490 e. The Hall–Kier alpha value is -2.48. The zero-order valence-corrected chi connectivity index (χ0v) is 21.9. The fourth-order valence-electron chi connectivity index (χ4n) is 3.30. The van der Waals surface area contributed by atoms with E-state index in [4.69, 9.17) is 9.90 Å². The molecule has 1 aliphatic rings. The fourth-order valence-corrected chi connectivity index (χ4v) is 5.09. The Kier molecular flexibility index (Phi) is 10.9. The molecule has 1 saturated heterocycles. The summed E-state index contributed by atoms with van der Waals surface area (Å²) in [5.74, 6) is -2.76. The van der Waals surface area contributed by atoms with Crippen molar-refractivity contribution in [3.8, 4) is 0 Å². The van der Waals surface area contributed by atoms with Crippen molar-refractivity contribution in [3.05, 3.63) is 64.1 Å². The smallest absolute Gasteiger partial charge is 0.475 e. The van der Waals surface area contributed by atoms with Crippen LogP contribution in [0.1, 0.15) is 17.5 Å². The van der Waals surface area contributed by atoms with Gasteiger partial charge in [0.15, 0.2) is 0 Å². The molecule has 1 aliphatic heterocycles. The van der Waals surface area contributed by atoms with Crippen LogP contribution >= 0.6 is 15.9 Å². The highest BCUT2D eigenvalue weighted by Crippen LogP contribution is 2.21. The average Bonchev–Trinajstić information content (AvgIpc) is 2.83. The van der Waals surface area contributed by atoms with E-state index < -0.39 is 22.2 Å². The number of rotatable bonds is 7. The summed E-state index contributed by atoms with van der Waals surface area (Å²) in [6.45, 7) is 5.11. The summed E-state index contributed by atoms with van der Waals surface area (Å²) < 4.78 is 60.7. The molecule has 3 rings (SSSR count). The minimum Gasteiger partial charge on any atom is -0.475 e. The van der Waals surface area contributed by atoms with Crippen LogP contribution in [0.5, 0.6) is 0 Å². The molecule has 0 aliphatic carbocycles. The van der Waals surface area contributed by atoms with Crippen molar-refractivity contribution in [1.82, 2.24) is 14.5 Å². The largest absolute Gasteiger partial charge is 0.490 e. The molecular weight excluding hydrogens is 567 g/mol. The van der Waals surface area contributed by atoms with E-state index in [-0.39, 0.29) is 30.3 Å². The van der Waals surface area contributed by atoms with Gasteiger partial charge in [-0.2, -0.15) is 17.5 Å². The summed E-state index contributed by atoms with van der Waals surface area (Å²) in [5.41, 5.74) is 1.76. The number of halogens is 4. The molecule has 1 amide bonds. The van der Waals surface area contributed by atoms with Gasteiger partial charge >= 0.3 is 12.1 Å². The van der Waals surface area contributed by atoms with Crippen LogP contribution in [0, 0.1) is 6.92 Å². The number of piperazine rings is 1. The van der Waals surface area contributed by atoms with E-state index in [0.717, 1.165) is 28.7 Å². The number of alkyl halides is 3. The maximum atomic E-state index is 13.3. The third kappa shape index (κ3) is 9.19. The van der Waals surface area contributed by atoms with Gasteiger partial charge in [0, 0.05) is 50.2 Å². The van der Waals surface area contributed by atoms with Gasteiger partial charge in [-0.05, 0) is 42.3 Å². The Morgan fingerprint density at radius 2 is 1.69 bits per heavy atom. The molecule has 2 aromatic rings. The van der Waals surface area contributed by atoms with Gasteiger partial charge in [-0.25, -0.2) is 13.2 Å². The molecule has 0 radical (unpaired) electrons. The number of sulfonamides is 1. The number of benzene rings is 2. The number of carbonyl (C=O) groups is 2. The van der Waals surface area contributed by atoms with Gasteiger partial charge in [-0.15, -0.1) is 0 Å². The van der Waals surface area contributed by atoms with Crippen LogP contribution in [0.3, 0.4) is 0 Å². The van der Waals surface area contributed by atoms with Crippen LogP contribution in [0.4, 0.5) is 13.2 Å². The number of amides is 1. The van der Waals surface area contributed by atoms with Gasteiger partial charge in [-0.3, -0.25) is 4.79 Å². The summed E-state index contributed by atoms with van der Waals surface area (Å²) >= 11 is 3.40. The first kappa shape index (κ1) is 29.7. The topological polar surface area (TPSA) is 107 Å². The molecule has 198 valence electrons. The minimum absolute atomic E-state index is 0.00764. The standard InChI is InChI=1S/C21H26BrN3O3S.C2HF3O2/c1-17-3-2-4-20(15-17)29(27,28)25(16-18-5-7-19(22)8-6-18)12-9-21(26)24-13-10-23-11-14-24;3-2(4,5)1(6)7/h2-8,15,23H,9-14,16H2,1H3;(H,6,7). The van der Waals surface area contributed by atoms with Crippen molar-refractivity contribution >= 4 is 37.8 Å². The number of nitrogens with one attached hydrogen (secondary N) is 1. The van der Waals surface area contributed by atoms with Gasteiger partial charge in [0.2, 0.25) is 15.9 Å². The number of aryl methyl sites for hydroxylation is 1. The van der Waals surface area contributed by atoms with Gasteiger partial charge in [0.25, 0.3) is 0 Å². The third-order valence-corrected chi connectivity index (χ3v) is 7.56. The van der Waals surface area contributed by atoms with Crippen LogP contribution in [0.15, 0.2) is 57.9 Å². The summed E-state index contributed by atoms with van der Waals surface area (Å²) in [5, 5.41) is 10.3. The predicted octanol–water partition coefficient (Wildman–Crippen LogP) is 3.40. The first-order chi connectivity index (χ1) is 16.8. The van der Waals surface area contributed by atoms with E-state index in [9.17, 15) is 26.4 Å². The number of nitrogens with zero attached hydrogens (tertiary/aromatic N) is 2. The first-order valence-corrected chi connectivity index (χ1v) is 13.1. The van der Waals surface area contributed by atoms with E-state index in [1.807, 2.05) is 37.3 Å². The number of carboxylic acids is 1. The number of carbonyl (C=O) groups excluding carboxylic acids is 1. The molecule has 0 atom stereocenters. The quantitative estimate of drug-likeness (QED) is 0.509. The summed E-state index contributed by atoms with van der Waals surface area (Å²) in [7, 11) is -3.72. The van der Waals surface area contributed by atoms with Gasteiger partial charge < -0.3 is 15.3 Å². The minimum atomic E-state index is -5.08. The molecule has 2 N–H and O–H groups in total. The van der Waals surface area contributed by atoms with Crippen LogP contribution in [0.25, 0.3) is 0 Å². The van der Waals surface area contributed by atoms with Crippen molar-refractivity contribution < 1.29 is 36.3 Å². The van der Waals surface area contributed by atoms with Gasteiger partial charge in [-0.1, -0.05) is 40.2 Å². The highest BCUT2D eigenvalue weighted by molar-refractivity contribution is 9.10. The second-order valence-electron chi connectivity index (χ2n) is 7.97. The van der Waals surface area contributed by atoms with Crippen molar-refractivity contribution in [3.63, 3.8) is 0 Å². The van der Waals surface area contributed by atoms with E-state index >= 15 is 0 Å². The van der Waals surface area contributed by atoms with Crippen LogP contribution in [-0.4, -0.2) is 73.5 Å². The Morgan fingerprint density at radius 1 is 1.11 bits per heavy atom. The van der Waals surface area contributed by atoms with Gasteiger partial charge in [0.1, 0.15) is 0 Å². The number of hydrogen-bond acceptors (Lipinski definition) is 5. The molecule has 2 aromatic carbocycles. The molecule has 1 fully saturated rings. The van der Waals surface area contributed by atoms with Crippen LogP contribution in [-0.2, 0) is 26.2 Å². The Labute approximate surface area is 216 Å². The molecule has 0 unspecified atom stereocenters. The Bertz CT molecular complexity index is 1140. The highest BCUT2D eigenvalue weighted by atomic mass is 79.9. The molecular formula is C23H27BrF3N3O5S. The Balaban J connectivity index is 0.000000572. The zero-order chi connectivity index (χ0) is 26.9. The molecule has 1 heterocycles. The van der Waals surface area contributed by atoms with E-state index in [0.29, 0.717) is 13.1 Å².